The summed E-state index contributed by atoms with van der Waals surface area (Å²) in [5.74, 6) is 2.06. The lowest BCUT2D eigenvalue weighted by Gasteiger charge is -2.32. The van der Waals surface area contributed by atoms with E-state index in [1.807, 2.05) is 37.8 Å². The molecule has 1 aromatic carbocycles. The first-order valence-corrected chi connectivity index (χ1v) is 11.7. The number of carbonyl (C=O) groups is 1. The summed E-state index contributed by atoms with van der Waals surface area (Å²) in [5.41, 5.74) is 2.65. The number of nitrogens with zero attached hydrogens (tertiary/aromatic N) is 4. The van der Waals surface area contributed by atoms with Crippen LogP contribution < -0.4 is 4.74 Å². The quantitative estimate of drug-likeness (QED) is 0.688. The third-order valence-corrected chi connectivity index (χ3v) is 6.10. The highest BCUT2D eigenvalue weighted by atomic mass is 16.5. The van der Waals surface area contributed by atoms with Crippen LogP contribution in [0.1, 0.15) is 60.0 Å². The molecule has 0 aliphatic carbocycles. The number of aryl methyl sites for hydroxylation is 1. The van der Waals surface area contributed by atoms with Gasteiger partial charge in [-0.15, -0.1) is 0 Å². The maximum atomic E-state index is 12.8. The Morgan fingerprint density at radius 3 is 2.62 bits per heavy atom. The van der Waals surface area contributed by atoms with E-state index in [-0.39, 0.29) is 12.0 Å². The number of rotatable bonds is 6. The van der Waals surface area contributed by atoms with Crippen LogP contribution in [0, 0.1) is 6.92 Å². The fraction of sp³-hybridized carbons (Fsp3) is 0.560. The van der Waals surface area contributed by atoms with Crippen molar-refractivity contribution >= 4 is 5.91 Å². The maximum Gasteiger partial charge on any atom is 0.257 e. The summed E-state index contributed by atoms with van der Waals surface area (Å²) in [4.78, 5) is 26.5. The van der Waals surface area contributed by atoms with Crippen molar-refractivity contribution in [2.75, 3.05) is 39.4 Å². The second-order valence-electron chi connectivity index (χ2n) is 9.02. The van der Waals surface area contributed by atoms with Crippen LogP contribution in [0.15, 0.2) is 30.5 Å². The van der Waals surface area contributed by atoms with Crippen LogP contribution in [0.25, 0.3) is 0 Å². The van der Waals surface area contributed by atoms with E-state index in [9.17, 15) is 4.79 Å². The van der Waals surface area contributed by atoms with Crippen molar-refractivity contribution in [3.63, 3.8) is 0 Å². The molecule has 0 unspecified atom stereocenters. The van der Waals surface area contributed by atoms with Crippen LogP contribution in [0.2, 0.25) is 0 Å². The highest BCUT2D eigenvalue weighted by molar-refractivity contribution is 5.95. The normalized spacial score (nSPS) is 19.9. The molecule has 2 aliphatic heterocycles. The van der Waals surface area contributed by atoms with Crippen molar-refractivity contribution in [1.29, 1.82) is 0 Å². The average Bonchev–Trinajstić information content (AvgIpc) is 2.80. The minimum Gasteiger partial charge on any atom is -0.491 e. The highest BCUT2D eigenvalue weighted by Crippen LogP contribution is 2.26. The average molecular weight is 439 g/mol. The molecule has 2 saturated heterocycles. The van der Waals surface area contributed by atoms with Gasteiger partial charge in [0.2, 0.25) is 0 Å². The zero-order chi connectivity index (χ0) is 22.5. The monoisotopic (exact) mass is 438 g/mol. The largest absolute Gasteiger partial charge is 0.491 e. The van der Waals surface area contributed by atoms with Crippen LogP contribution in [0.5, 0.6) is 5.75 Å². The fourth-order valence-corrected chi connectivity index (χ4v) is 4.44. The maximum absolute atomic E-state index is 12.8. The van der Waals surface area contributed by atoms with E-state index in [1.54, 1.807) is 6.20 Å². The van der Waals surface area contributed by atoms with Gasteiger partial charge >= 0.3 is 0 Å². The first-order valence-electron chi connectivity index (χ1n) is 11.7. The number of amides is 1. The molecule has 0 saturated carbocycles. The smallest absolute Gasteiger partial charge is 0.257 e. The molecule has 0 N–H and O–H groups in total. The van der Waals surface area contributed by atoms with E-state index in [0.29, 0.717) is 37.8 Å². The van der Waals surface area contributed by atoms with Gasteiger partial charge in [0.25, 0.3) is 5.91 Å². The van der Waals surface area contributed by atoms with Crippen molar-refractivity contribution in [3.05, 3.63) is 53.1 Å². The molecule has 2 aromatic rings. The molecule has 1 aromatic heterocycles. The lowest BCUT2D eigenvalue weighted by Crippen LogP contribution is -2.41. The summed E-state index contributed by atoms with van der Waals surface area (Å²) in [6.45, 7) is 11.3. The van der Waals surface area contributed by atoms with Crippen molar-refractivity contribution in [2.24, 2.45) is 0 Å². The Morgan fingerprint density at radius 1 is 1.19 bits per heavy atom. The predicted molar refractivity (Wildman–Crippen MR) is 123 cm³/mol. The van der Waals surface area contributed by atoms with Crippen LogP contribution in [-0.4, -0.2) is 71.2 Å². The molecule has 3 heterocycles. The van der Waals surface area contributed by atoms with Crippen LogP contribution in [-0.2, 0) is 11.3 Å². The lowest BCUT2D eigenvalue weighted by molar-refractivity contribution is 0.0301. The minimum atomic E-state index is 0.00696. The van der Waals surface area contributed by atoms with Crippen molar-refractivity contribution < 1.29 is 14.3 Å². The number of hydrogen-bond acceptors (Lipinski definition) is 6. The number of piperidine rings is 1. The molecule has 0 bridgehead atoms. The number of ether oxygens (including phenoxy) is 2. The molecule has 4 rings (SSSR count). The zero-order valence-electron chi connectivity index (χ0n) is 19.4. The van der Waals surface area contributed by atoms with Gasteiger partial charge in [0.05, 0.1) is 30.6 Å². The first-order chi connectivity index (χ1) is 15.5. The van der Waals surface area contributed by atoms with E-state index in [2.05, 4.69) is 22.0 Å². The number of benzene rings is 1. The van der Waals surface area contributed by atoms with Crippen molar-refractivity contribution in [2.45, 2.75) is 52.2 Å². The summed E-state index contributed by atoms with van der Waals surface area (Å²) < 4.78 is 11.1. The molecule has 1 amide bonds. The van der Waals surface area contributed by atoms with Crippen molar-refractivity contribution in [1.82, 2.24) is 19.8 Å². The van der Waals surface area contributed by atoms with Gasteiger partial charge in [0.15, 0.2) is 0 Å². The molecule has 0 spiro atoms. The van der Waals surface area contributed by atoms with Gasteiger partial charge in [0.1, 0.15) is 11.6 Å². The molecule has 7 nitrogen and oxygen atoms in total. The van der Waals surface area contributed by atoms with Gasteiger partial charge < -0.3 is 14.4 Å². The molecule has 1 atom stereocenters. The second kappa shape index (κ2) is 10.4. The summed E-state index contributed by atoms with van der Waals surface area (Å²) >= 11 is 0. The number of carbonyl (C=O) groups excluding carboxylic acids is 1. The van der Waals surface area contributed by atoms with Gasteiger partial charge in [-0.3, -0.25) is 9.69 Å². The Hall–Kier alpha value is -2.51. The third kappa shape index (κ3) is 5.64. The Labute approximate surface area is 190 Å². The molecule has 32 heavy (non-hydrogen) atoms. The van der Waals surface area contributed by atoms with Gasteiger partial charge in [-0.25, -0.2) is 9.97 Å². The first kappa shape index (κ1) is 22.7. The predicted octanol–water partition coefficient (Wildman–Crippen LogP) is 3.42. The van der Waals surface area contributed by atoms with E-state index in [4.69, 9.17) is 14.5 Å². The van der Waals surface area contributed by atoms with Crippen LogP contribution in [0.3, 0.4) is 0 Å². The van der Waals surface area contributed by atoms with Gasteiger partial charge in [0, 0.05) is 38.3 Å². The fourth-order valence-electron chi connectivity index (χ4n) is 4.44. The highest BCUT2D eigenvalue weighted by Gasteiger charge is 2.26. The summed E-state index contributed by atoms with van der Waals surface area (Å²) in [6, 6.07) is 8.39. The second-order valence-corrected chi connectivity index (χ2v) is 9.02. The zero-order valence-corrected chi connectivity index (χ0v) is 19.4. The number of hydrogen-bond donors (Lipinski definition) is 0. The van der Waals surface area contributed by atoms with Crippen LogP contribution >= 0.6 is 0 Å². The number of likely N-dealkylation sites (tertiary alicyclic amines) is 1. The number of aromatic nitrogens is 2. The Kier molecular flexibility index (Phi) is 7.37. The third-order valence-electron chi connectivity index (χ3n) is 6.10. The van der Waals surface area contributed by atoms with Gasteiger partial charge in [-0.2, -0.15) is 0 Å². The SMILES string of the molecule is Cc1nc([C@H]2CCCN(Cc3ccc(OC(C)C)cc3)C2)ncc1C(=O)N1CCOCC1. The van der Waals surface area contributed by atoms with E-state index >= 15 is 0 Å². The lowest BCUT2D eigenvalue weighted by atomic mass is 9.96. The van der Waals surface area contributed by atoms with Gasteiger partial charge in [-0.1, -0.05) is 12.1 Å². The summed E-state index contributed by atoms with van der Waals surface area (Å²) in [5, 5.41) is 0. The van der Waals surface area contributed by atoms with E-state index in [1.165, 1.54) is 5.56 Å². The Balaban J connectivity index is 1.38. The molecule has 0 radical (unpaired) electrons. The molecule has 172 valence electrons. The van der Waals surface area contributed by atoms with Gasteiger partial charge in [-0.05, 0) is 57.9 Å². The minimum absolute atomic E-state index is 0.00696. The van der Waals surface area contributed by atoms with E-state index in [0.717, 1.165) is 49.7 Å². The van der Waals surface area contributed by atoms with Crippen molar-refractivity contribution in [3.8, 4) is 5.75 Å². The standard InChI is InChI=1S/C25H34N4O3/c1-18(2)32-22-8-6-20(7-9-22)16-28-10-4-5-21(17-28)24-26-15-23(19(3)27-24)25(30)29-11-13-31-14-12-29/h6-9,15,18,21H,4-5,10-14,16-17H2,1-3H3/t21-/m0/s1. The van der Waals surface area contributed by atoms with Crippen LogP contribution in [0.4, 0.5) is 0 Å². The topological polar surface area (TPSA) is 67.8 Å². The molecule has 7 heteroatoms. The Bertz CT molecular complexity index is 910. The van der Waals surface area contributed by atoms with E-state index < -0.39 is 0 Å². The molecular weight excluding hydrogens is 404 g/mol. The Morgan fingerprint density at radius 2 is 1.94 bits per heavy atom. The molecular formula is C25H34N4O3. The number of morpholine rings is 1. The molecule has 2 fully saturated rings. The molecule has 2 aliphatic rings. The summed E-state index contributed by atoms with van der Waals surface area (Å²) in [6.07, 6.45) is 4.11. The summed E-state index contributed by atoms with van der Waals surface area (Å²) in [7, 11) is 0.